The molecule has 0 aromatic carbocycles. The van der Waals surface area contributed by atoms with E-state index in [-0.39, 0.29) is 5.91 Å². The number of thiazole rings is 1. The van der Waals surface area contributed by atoms with E-state index in [0.717, 1.165) is 35.6 Å². The van der Waals surface area contributed by atoms with Crippen molar-refractivity contribution in [3.63, 3.8) is 0 Å². The molecular formula is C16H24N2OS. The normalized spacial score (nSPS) is 26.1. The second-order valence-corrected chi connectivity index (χ2v) is 7.60. The fourth-order valence-electron chi connectivity index (χ4n) is 3.57. The van der Waals surface area contributed by atoms with Crippen molar-refractivity contribution in [1.29, 1.82) is 0 Å². The molecule has 2 aliphatic rings. The van der Waals surface area contributed by atoms with Gasteiger partial charge in [-0.25, -0.2) is 4.98 Å². The maximum atomic E-state index is 12.5. The molecule has 0 spiro atoms. The van der Waals surface area contributed by atoms with Gasteiger partial charge in [-0.05, 0) is 31.1 Å². The molecule has 1 saturated heterocycles. The van der Waals surface area contributed by atoms with Gasteiger partial charge in [0, 0.05) is 24.4 Å². The molecule has 110 valence electrons. The van der Waals surface area contributed by atoms with Crippen molar-refractivity contribution in [2.75, 3.05) is 13.1 Å². The Kier molecular flexibility index (Phi) is 4.11. The van der Waals surface area contributed by atoms with Crippen molar-refractivity contribution in [2.45, 2.75) is 51.9 Å². The van der Waals surface area contributed by atoms with Crippen LogP contribution in [0.4, 0.5) is 0 Å². The molecule has 0 radical (unpaired) electrons. The van der Waals surface area contributed by atoms with Gasteiger partial charge >= 0.3 is 0 Å². The summed E-state index contributed by atoms with van der Waals surface area (Å²) < 4.78 is 0. The lowest BCUT2D eigenvalue weighted by Crippen LogP contribution is -2.46. The van der Waals surface area contributed by atoms with Crippen molar-refractivity contribution in [2.24, 2.45) is 11.8 Å². The van der Waals surface area contributed by atoms with Crippen LogP contribution in [0.2, 0.25) is 0 Å². The first-order chi connectivity index (χ1) is 9.61. The number of nitrogens with zero attached hydrogens (tertiary/aromatic N) is 2. The summed E-state index contributed by atoms with van der Waals surface area (Å²) in [5.74, 6) is 2.25. The second kappa shape index (κ2) is 5.84. The number of hydrogen-bond donors (Lipinski definition) is 0. The van der Waals surface area contributed by atoms with Crippen LogP contribution < -0.4 is 0 Å². The zero-order valence-corrected chi connectivity index (χ0v) is 13.3. The quantitative estimate of drug-likeness (QED) is 0.855. The Morgan fingerprint density at radius 3 is 2.70 bits per heavy atom. The summed E-state index contributed by atoms with van der Waals surface area (Å²) in [7, 11) is 0. The van der Waals surface area contributed by atoms with Gasteiger partial charge in [-0.15, -0.1) is 11.3 Å². The third-order valence-corrected chi connectivity index (χ3v) is 5.79. The minimum Gasteiger partial charge on any atom is -0.342 e. The molecule has 1 aromatic heterocycles. The minimum absolute atomic E-state index is 0.280. The summed E-state index contributed by atoms with van der Waals surface area (Å²) >= 11 is 1.68. The van der Waals surface area contributed by atoms with E-state index < -0.39 is 0 Å². The lowest BCUT2D eigenvalue weighted by molar-refractivity contribution is -0.134. The Balaban J connectivity index is 1.61. The zero-order valence-electron chi connectivity index (χ0n) is 12.5. The lowest BCUT2D eigenvalue weighted by Gasteiger charge is -2.41. The van der Waals surface area contributed by atoms with Gasteiger partial charge in [0.05, 0.1) is 17.1 Å². The smallest absolute Gasteiger partial charge is 0.228 e. The van der Waals surface area contributed by atoms with Crippen molar-refractivity contribution in [1.82, 2.24) is 9.88 Å². The topological polar surface area (TPSA) is 33.2 Å². The van der Waals surface area contributed by atoms with Gasteiger partial charge in [-0.2, -0.15) is 0 Å². The van der Waals surface area contributed by atoms with E-state index >= 15 is 0 Å². The van der Waals surface area contributed by atoms with Gasteiger partial charge in [0.15, 0.2) is 0 Å². The minimum atomic E-state index is 0.280. The van der Waals surface area contributed by atoms with Gasteiger partial charge < -0.3 is 4.90 Å². The summed E-state index contributed by atoms with van der Waals surface area (Å²) in [5, 5.41) is 3.20. The number of hydrogen-bond acceptors (Lipinski definition) is 3. The predicted octanol–water partition coefficient (Wildman–Crippen LogP) is 3.46. The summed E-state index contributed by atoms with van der Waals surface area (Å²) in [5.41, 5.74) is 0.958. The SMILES string of the molecule is CC(C)c1nc(CC(=O)N2C[C@H]3CCC[C@@H](C3)C2)cs1. The van der Waals surface area contributed by atoms with Gasteiger partial charge in [0.25, 0.3) is 0 Å². The number of rotatable bonds is 3. The summed E-state index contributed by atoms with van der Waals surface area (Å²) in [6.45, 7) is 6.26. The van der Waals surface area contributed by atoms with Gasteiger partial charge in [0.2, 0.25) is 5.91 Å². The largest absolute Gasteiger partial charge is 0.342 e. The number of piperidine rings is 1. The van der Waals surface area contributed by atoms with Crippen molar-refractivity contribution < 1.29 is 4.79 Å². The Hall–Kier alpha value is -0.900. The molecule has 1 aliphatic heterocycles. The van der Waals surface area contributed by atoms with Gasteiger partial charge in [-0.1, -0.05) is 20.3 Å². The van der Waals surface area contributed by atoms with E-state index in [1.165, 1.54) is 25.7 Å². The van der Waals surface area contributed by atoms with Crippen LogP contribution >= 0.6 is 11.3 Å². The van der Waals surface area contributed by atoms with E-state index in [1.54, 1.807) is 11.3 Å². The highest BCUT2D eigenvalue weighted by molar-refractivity contribution is 7.09. The Morgan fingerprint density at radius 1 is 1.40 bits per heavy atom. The fourth-order valence-corrected chi connectivity index (χ4v) is 4.41. The van der Waals surface area contributed by atoms with E-state index in [0.29, 0.717) is 12.3 Å². The van der Waals surface area contributed by atoms with Crippen LogP contribution in [0, 0.1) is 11.8 Å². The van der Waals surface area contributed by atoms with Crippen LogP contribution in [0.3, 0.4) is 0 Å². The molecule has 2 heterocycles. The predicted molar refractivity (Wildman–Crippen MR) is 81.9 cm³/mol. The number of fused-ring (bicyclic) bond motifs is 2. The molecule has 4 heteroatoms. The first kappa shape index (κ1) is 14.1. The molecule has 2 fully saturated rings. The highest BCUT2D eigenvalue weighted by Gasteiger charge is 2.32. The van der Waals surface area contributed by atoms with Crippen LogP contribution in [0.15, 0.2) is 5.38 Å². The maximum absolute atomic E-state index is 12.5. The average molecular weight is 292 g/mol. The first-order valence-corrected chi connectivity index (χ1v) is 8.72. The molecule has 2 atom stereocenters. The van der Waals surface area contributed by atoms with Crippen LogP contribution in [-0.2, 0) is 11.2 Å². The monoisotopic (exact) mass is 292 g/mol. The second-order valence-electron chi connectivity index (χ2n) is 6.71. The number of amides is 1. The number of likely N-dealkylation sites (tertiary alicyclic amines) is 1. The molecule has 1 saturated carbocycles. The van der Waals surface area contributed by atoms with Gasteiger partial charge in [-0.3, -0.25) is 4.79 Å². The van der Waals surface area contributed by atoms with E-state index in [4.69, 9.17) is 0 Å². The van der Waals surface area contributed by atoms with Crippen LogP contribution in [0.1, 0.15) is 56.2 Å². The number of carbonyl (C=O) groups is 1. The number of carbonyl (C=O) groups excluding carboxylic acids is 1. The Labute approximate surface area is 125 Å². The molecule has 1 aliphatic carbocycles. The highest BCUT2D eigenvalue weighted by atomic mass is 32.1. The van der Waals surface area contributed by atoms with Crippen molar-refractivity contribution >= 4 is 17.2 Å². The maximum Gasteiger partial charge on any atom is 0.228 e. The Bertz CT molecular complexity index is 471. The summed E-state index contributed by atoms with van der Waals surface area (Å²) in [6.07, 6.45) is 5.82. The lowest BCUT2D eigenvalue weighted by atomic mass is 9.78. The molecule has 20 heavy (non-hydrogen) atoms. The summed E-state index contributed by atoms with van der Waals surface area (Å²) in [4.78, 5) is 19.2. The zero-order chi connectivity index (χ0) is 14.1. The van der Waals surface area contributed by atoms with Crippen molar-refractivity contribution in [3.05, 3.63) is 16.1 Å². The molecule has 2 bridgehead atoms. The fraction of sp³-hybridized carbons (Fsp3) is 0.750. The van der Waals surface area contributed by atoms with Crippen LogP contribution in [0.5, 0.6) is 0 Å². The molecular weight excluding hydrogens is 268 g/mol. The van der Waals surface area contributed by atoms with E-state index in [9.17, 15) is 4.79 Å². The first-order valence-electron chi connectivity index (χ1n) is 7.84. The molecule has 0 unspecified atom stereocenters. The Morgan fingerprint density at radius 2 is 2.10 bits per heavy atom. The van der Waals surface area contributed by atoms with Crippen molar-refractivity contribution in [3.8, 4) is 0 Å². The molecule has 0 N–H and O–H groups in total. The van der Waals surface area contributed by atoms with Crippen LogP contribution in [-0.4, -0.2) is 28.9 Å². The molecule has 3 rings (SSSR count). The standard InChI is InChI=1S/C16H24N2OS/c1-11(2)16-17-14(10-20-16)7-15(19)18-8-12-4-3-5-13(6-12)9-18/h10-13H,3-9H2,1-2H3/t12-,13-/m0/s1. The van der Waals surface area contributed by atoms with Crippen LogP contribution in [0.25, 0.3) is 0 Å². The molecule has 1 aromatic rings. The molecule has 1 amide bonds. The van der Waals surface area contributed by atoms with Gasteiger partial charge in [0.1, 0.15) is 0 Å². The summed E-state index contributed by atoms with van der Waals surface area (Å²) in [6, 6.07) is 0. The van der Waals surface area contributed by atoms with E-state index in [1.807, 2.05) is 0 Å². The molecule has 3 nitrogen and oxygen atoms in total. The third kappa shape index (κ3) is 3.05. The van der Waals surface area contributed by atoms with E-state index in [2.05, 4.69) is 29.1 Å². The highest BCUT2D eigenvalue weighted by Crippen LogP contribution is 2.34. The average Bonchev–Trinajstić information content (AvgIpc) is 2.87. The third-order valence-electron chi connectivity index (χ3n) is 4.60. The number of aromatic nitrogens is 1.